The molecular weight excluding hydrogens is 370 g/mol. The highest BCUT2D eigenvalue weighted by molar-refractivity contribution is 7.12. The van der Waals surface area contributed by atoms with Gasteiger partial charge in [-0.3, -0.25) is 4.79 Å². The van der Waals surface area contributed by atoms with Gasteiger partial charge in [0.1, 0.15) is 0 Å². The quantitative estimate of drug-likeness (QED) is 0.676. The van der Waals surface area contributed by atoms with E-state index in [1.54, 1.807) is 28.4 Å². The molecule has 5 rings (SSSR count). The molecule has 0 unspecified atom stereocenters. The van der Waals surface area contributed by atoms with Crippen molar-refractivity contribution in [2.24, 2.45) is 5.92 Å². The highest BCUT2D eigenvalue weighted by Crippen LogP contribution is 2.38. The summed E-state index contributed by atoms with van der Waals surface area (Å²) in [4.78, 5) is 26.7. The van der Waals surface area contributed by atoms with Crippen LogP contribution in [0.5, 0.6) is 0 Å². The molecule has 1 aliphatic carbocycles. The predicted octanol–water partition coefficient (Wildman–Crippen LogP) is 3.94. The zero-order chi connectivity index (χ0) is 19.4. The number of thiophene rings is 1. The first-order valence-corrected chi connectivity index (χ1v) is 10.6. The van der Waals surface area contributed by atoms with E-state index in [-0.39, 0.29) is 5.91 Å². The number of likely N-dealkylation sites (tertiary alicyclic amines) is 1. The summed E-state index contributed by atoms with van der Waals surface area (Å²) < 4.78 is 1.68. The van der Waals surface area contributed by atoms with Crippen LogP contribution in [-0.4, -0.2) is 43.1 Å². The largest absolute Gasteiger partial charge is 0.335 e. The van der Waals surface area contributed by atoms with Gasteiger partial charge in [-0.25, -0.2) is 14.6 Å². The summed E-state index contributed by atoms with van der Waals surface area (Å²) in [5.41, 5.74) is 3.46. The zero-order valence-electron chi connectivity index (χ0n) is 16.3. The van der Waals surface area contributed by atoms with Crippen LogP contribution in [0, 0.1) is 26.7 Å². The molecule has 0 spiro atoms. The van der Waals surface area contributed by atoms with Crippen molar-refractivity contribution in [1.29, 1.82) is 0 Å². The number of aromatic nitrogens is 4. The summed E-state index contributed by atoms with van der Waals surface area (Å²) >= 11 is 1.76. The van der Waals surface area contributed by atoms with Crippen LogP contribution < -0.4 is 0 Å². The number of fused-ring (bicyclic) bond motifs is 2. The zero-order valence-corrected chi connectivity index (χ0v) is 17.2. The Balaban J connectivity index is 1.47. The van der Waals surface area contributed by atoms with Crippen molar-refractivity contribution < 1.29 is 4.79 Å². The van der Waals surface area contributed by atoms with Crippen LogP contribution in [0.25, 0.3) is 17.2 Å². The highest BCUT2D eigenvalue weighted by atomic mass is 32.1. The van der Waals surface area contributed by atoms with Gasteiger partial charge in [-0.2, -0.15) is 5.10 Å². The van der Waals surface area contributed by atoms with E-state index >= 15 is 0 Å². The fraction of sp³-hybridized carbons (Fsp3) is 0.429. The van der Waals surface area contributed by atoms with Gasteiger partial charge in [-0.05, 0) is 58.1 Å². The molecule has 1 saturated carbocycles. The van der Waals surface area contributed by atoms with Crippen LogP contribution in [-0.2, 0) is 0 Å². The molecule has 2 fully saturated rings. The Hall–Kier alpha value is -2.54. The van der Waals surface area contributed by atoms with E-state index in [0.29, 0.717) is 23.5 Å². The van der Waals surface area contributed by atoms with Gasteiger partial charge in [0, 0.05) is 34.1 Å². The van der Waals surface area contributed by atoms with Gasteiger partial charge < -0.3 is 4.90 Å². The number of aryl methyl sites for hydroxylation is 2. The fourth-order valence-electron chi connectivity index (χ4n) is 4.63. The third-order valence-corrected chi connectivity index (χ3v) is 7.03. The van der Waals surface area contributed by atoms with Gasteiger partial charge in [0.25, 0.3) is 11.9 Å². The molecule has 4 heterocycles. The van der Waals surface area contributed by atoms with Gasteiger partial charge in [-0.1, -0.05) is 0 Å². The van der Waals surface area contributed by atoms with Crippen molar-refractivity contribution in [3.63, 3.8) is 0 Å². The predicted molar refractivity (Wildman–Crippen MR) is 109 cm³/mol. The first-order chi connectivity index (χ1) is 13.5. The number of carbonyl (C=O) groups is 1. The van der Waals surface area contributed by atoms with E-state index in [9.17, 15) is 4.79 Å². The van der Waals surface area contributed by atoms with Crippen LogP contribution in [0.4, 0.5) is 0 Å². The third kappa shape index (κ3) is 2.76. The third-order valence-electron chi connectivity index (χ3n) is 6.06. The minimum absolute atomic E-state index is 0.0939. The maximum absolute atomic E-state index is 13.1. The first kappa shape index (κ1) is 17.6. The average Bonchev–Trinajstić information content (AvgIpc) is 3.45. The lowest BCUT2D eigenvalue weighted by Gasteiger charge is -2.26. The fourth-order valence-corrected chi connectivity index (χ4v) is 5.57. The molecule has 28 heavy (non-hydrogen) atoms. The van der Waals surface area contributed by atoms with Crippen LogP contribution in [0.3, 0.4) is 0 Å². The maximum atomic E-state index is 13.1. The second kappa shape index (κ2) is 6.51. The average molecular weight is 394 g/mol. The summed E-state index contributed by atoms with van der Waals surface area (Å²) in [6.45, 7) is 7.01. The number of hydrogen-bond acceptors (Lipinski definition) is 5. The topological polar surface area (TPSA) is 63.9 Å². The molecular formula is C21H23N5OS. The molecule has 1 saturated heterocycles. The number of hydrogen-bond donors (Lipinski definition) is 0. The van der Waals surface area contributed by atoms with Crippen molar-refractivity contribution in [3.8, 4) is 17.2 Å². The number of nitrogens with zero attached hydrogens (tertiary/aromatic N) is 5. The Morgan fingerprint density at radius 2 is 2.11 bits per heavy atom. The molecule has 2 atom stereocenters. The Morgan fingerprint density at radius 3 is 2.79 bits per heavy atom. The first-order valence-electron chi connectivity index (χ1n) is 9.77. The summed E-state index contributed by atoms with van der Waals surface area (Å²) in [5.74, 6) is 1.28. The Morgan fingerprint density at radius 1 is 1.25 bits per heavy atom. The number of piperidine rings is 1. The van der Waals surface area contributed by atoms with Gasteiger partial charge >= 0.3 is 0 Å². The van der Waals surface area contributed by atoms with E-state index in [0.717, 1.165) is 36.3 Å². The number of carbonyl (C=O) groups excluding carboxylic acids is 1. The lowest BCUT2D eigenvalue weighted by atomic mass is 10.1. The summed E-state index contributed by atoms with van der Waals surface area (Å²) in [6, 6.07) is 4.48. The summed E-state index contributed by atoms with van der Waals surface area (Å²) in [7, 11) is 0. The minimum Gasteiger partial charge on any atom is -0.335 e. The van der Waals surface area contributed by atoms with Crippen LogP contribution >= 0.6 is 11.3 Å². The molecule has 144 valence electrons. The van der Waals surface area contributed by atoms with Crippen molar-refractivity contribution >= 4 is 17.2 Å². The molecule has 1 amide bonds. The lowest BCUT2D eigenvalue weighted by molar-refractivity contribution is 0.0703. The van der Waals surface area contributed by atoms with Gasteiger partial charge in [0.2, 0.25) is 0 Å². The molecule has 0 N–H and O–H groups in total. The van der Waals surface area contributed by atoms with Crippen LogP contribution in [0.2, 0.25) is 0 Å². The van der Waals surface area contributed by atoms with E-state index in [1.165, 1.54) is 16.2 Å². The van der Waals surface area contributed by atoms with Crippen LogP contribution in [0.15, 0.2) is 24.5 Å². The van der Waals surface area contributed by atoms with Crippen molar-refractivity contribution in [1.82, 2.24) is 24.6 Å². The molecule has 7 heteroatoms. The van der Waals surface area contributed by atoms with Gasteiger partial charge in [0.15, 0.2) is 0 Å². The standard InChI is InChI=1S/C21H23N5OS/c1-12-8-17(14(3)28-12)19-6-7-22-21(24-19)26-13(2)18(10-23-26)20(27)25-11-15-4-5-16(25)9-15/h6-8,10,15-16H,4-5,9,11H2,1-3H3/t15-,16-/m0/s1. The van der Waals surface area contributed by atoms with Gasteiger partial charge in [0.05, 0.1) is 23.1 Å². The van der Waals surface area contributed by atoms with Crippen molar-refractivity contribution in [2.45, 2.75) is 46.1 Å². The van der Waals surface area contributed by atoms with E-state index < -0.39 is 0 Å². The lowest BCUT2D eigenvalue weighted by Crippen LogP contribution is -2.37. The van der Waals surface area contributed by atoms with Crippen LogP contribution in [0.1, 0.15) is 45.1 Å². The molecule has 1 aliphatic heterocycles. The molecule has 0 radical (unpaired) electrons. The second-order valence-corrected chi connectivity index (χ2v) is 9.38. The molecule has 3 aromatic heterocycles. The Bertz CT molecular complexity index is 1070. The molecule has 3 aromatic rings. The minimum atomic E-state index is 0.0939. The molecule has 6 nitrogen and oxygen atoms in total. The number of amides is 1. The molecule has 2 aliphatic rings. The maximum Gasteiger partial charge on any atom is 0.257 e. The van der Waals surface area contributed by atoms with Gasteiger partial charge in [-0.15, -0.1) is 11.3 Å². The monoisotopic (exact) mass is 393 g/mol. The molecule has 2 bridgehead atoms. The smallest absolute Gasteiger partial charge is 0.257 e. The van der Waals surface area contributed by atoms with E-state index in [2.05, 4.69) is 30.0 Å². The Kier molecular flexibility index (Phi) is 4.08. The summed E-state index contributed by atoms with van der Waals surface area (Å²) in [5, 5.41) is 4.45. The van der Waals surface area contributed by atoms with Crippen molar-refractivity contribution in [2.75, 3.05) is 6.54 Å². The highest BCUT2D eigenvalue weighted by Gasteiger charge is 2.41. The van der Waals surface area contributed by atoms with Crippen molar-refractivity contribution in [3.05, 3.63) is 45.5 Å². The second-order valence-electron chi connectivity index (χ2n) is 7.91. The van der Waals surface area contributed by atoms with E-state index in [4.69, 9.17) is 4.98 Å². The summed E-state index contributed by atoms with van der Waals surface area (Å²) in [6.07, 6.45) is 6.97. The number of rotatable bonds is 3. The Labute approximate surface area is 168 Å². The SMILES string of the molecule is Cc1cc(-c2ccnc(-n3ncc(C(=O)N4C[C@H]5CC[C@H]4C5)c3C)n2)c(C)s1. The molecule has 0 aromatic carbocycles. The van der Waals surface area contributed by atoms with E-state index in [1.807, 2.05) is 17.9 Å². The normalized spacial score (nSPS) is 20.9.